The number of ether oxygens (including phenoxy) is 1. The summed E-state index contributed by atoms with van der Waals surface area (Å²) in [6.45, 7) is 2.09. The first kappa shape index (κ1) is 18.0. The van der Waals surface area contributed by atoms with Crippen LogP contribution in [0.15, 0.2) is 42.5 Å². The largest absolute Gasteiger partial charge is 0.443 e. The maximum atomic E-state index is 12.3. The van der Waals surface area contributed by atoms with E-state index >= 15 is 0 Å². The summed E-state index contributed by atoms with van der Waals surface area (Å²) in [4.78, 5) is 36.4. The number of amides is 3. The molecule has 6 nitrogen and oxygen atoms in total. The Bertz CT molecular complexity index is 733. The van der Waals surface area contributed by atoms with Crippen LogP contribution < -0.4 is 10.6 Å². The first-order valence-electron chi connectivity index (χ1n) is 7.11. The summed E-state index contributed by atoms with van der Waals surface area (Å²) in [7, 11) is 0. The molecule has 2 N–H and O–H groups in total. The van der Waals surface area contributed by atoms with E-state index in [1.165, 1.54) is 6.07 Å². The predicted molar refractivity (Wildman–Crippen MR) is 91.1 cm³/mol. The van der Waals surface area contributed by atoms with Gasteiger partial charge in [0.05, 0.1) is 4.34 Å². The van der Waals surface area contributed by atoms with Gasteiger partial charge in [0.25, 0.3) is 5.91 Å². The van der Waals surface area contributed by atoms with Crippen LogP contribution >= 0.6 is 22.9 Å². The molecule has 1 heterocycles. The molecule has 0 fully saturated rings. The second-order valence-corrected chi connectivity index (χ2v) is 6.36. The molecule has 1 atom stereocenters. The fourth-order valence-corrected chi connectivity index (χ4v) is 2.80. The average molecular weight is 367 g/mol. The number of esters is 1. The number of rotatable bonds is 5. The molecule has 0 aliphatic carbocycles. The summed E-state index contributed by atoms with van der Waals surface area (Å²) >= 11 is 6.85. The van der Waals surface area contributed by atoms with E-state index in [1.54, 1.807) is 43.3 Å². The van der Waals surface area contributed by atoms with Gasteiger partial charge in [0.2, 0.25) is 6.10 Å². The monoisotopic (exact) mass is 366 g/mol. The zero-order valence-corrected chi connectivity index (χ0v) is 14.3. The van der Waals surface area contributed by atoms with Crippen molar-refractivity contribution in [3.8, 4) is 0 Å². The standard InChI is InChI=1S/C16H15ClN2O4S/c1-2-18-16(22)19-14(20)13(10-6-4-3-5-7-10)23-15(21)11-8-9-12(17)24-11/h3-9,13H,2H2,1H3,(H2,18,19,20,22)/t13-/m1/s1. The Kier molecular flexibility index (Phi) is 6.34. The van der Waals surface area contributed by atoms with Crippen molar-refractivity contribution < 1.29 is 19.1 Å². The van der Waals surface area contributed by atoms with Crippen LogP contribution in [0.4, 0.5) is 4.79 Å². The van der Waals surface area contributed by atoms with Gasteiger partial charge in [0.15, 0.2) is 0 Å². The van der Waals surface area contributed by atoms with Gasteiger partial charge in [-0.2, -0.15) is 0 Å². The molecule has 24 heavy (non-hydrogen) atoms. The summed E-state index contributed by atoms with van der Waals surface area (Å²) < 4.78 is 5.73. The molecule has 0 aliphatic rings. The highest BCUT2D eigenvalue weighted by Gasteiger charge is 2.27. The predicted octanol–water partition coefficient (Wildman–Crippen LogP) is 3.15. The second kappa shape index (κ2) is 8.47. The molecule has 0 radical (unpaired) electrons. The van der Waals surface area contributed by atoms with E-state index in [4.69, 9.17) is 16.3 Å². The SMILES string of the molecule is CCNC(=O)NC(=O)[C@H](OC(=O)c1ccc(Cl)s1)c1ccccc1. The summed E-state index contributed by atoms with van der Waals surface area (Å²) in [6, 6.07) is 10.9. The molecule has 1 aromatic carbocycles. The summed E-state index contributed by atoms with van der Waals surface area (Å²) in [5, 5.41) is 4.60. The maximum Gasteiger partial charge on any atom is 0.349 e. The van der Waals surface area contributed by atoms with Crippen LogP contribution in [0, 0.1) is 0 Å². The lowest BCUT2D eigenvalue weighted by Gasteiger charge is -2.17. The van der Waals surface area contributed by atoms with Crippen molar-refractivity contribution >= 4 is 40.8 Å². The van der Waals surface area contributed by atoms with Gasteiger partial charge in [-0.05, 0) is 19.1 Å². The van der Waals surface area contributed by atoms with E-state index < -0.39 is 24.0 Å². The third-order valence-electron chi connectivity index (χ3n) is 2.91. The molecule has 0 saturated heterocycles. The van der Waals surface area contributed by atoms with Crippen molar-refractivity contribution in [3.05, 3.63) is 57.2 Å². The zero-order valence-electron chi connectivity index (χ0n) is 12.7. The number of urea groups is 1. The third-order valence-corrected chi connectivity index (χ3v) is 4.12. The van der Waals surface area contributed by atoms with E-state index in [0.29, 0.717) is 16.4 Å². The molecule has 0 aliphatic heterocycles. The van der Waals surface area contributed by atoms with Crippen LogP contribution in [-0.4, -0.2) is 24.5 Å². The van der Waals surface area contributed by atoms with Gasteiger partial charge >= 0.3 is 12.0 Å². The molecule has 2 aromatic rings. The van der Waals surface area contributed by atoms with E-state index in [0.717, 1.165) is 11.3 Å². The molecule has 0 saturated carbocycles. The Morgan fingerprint density at radius 2 is 1.88 bits per heavy atom. The van der Waals surface area contributed by atoms with Crippen molar-refractivity contribution in [2.24, 2.45) is 0 Å². The van der Waals surface area contributed by atoms with E-state index in [1.807, 2.05) is 0 Å². The molecule has 2 rings (SSSR count). The smallest absolute Gasteiger partial charge is 0.349 e. The number of carbonyl (C=O) groups excluding carboxylic acids is 3. The fraction of sp³-hybridized carbons (Fsp3) is 0.188. The average Bonchev–Trinajstić information content (AvgIpc) is 3.00. The molecular formula is C16H15ClN2O4S. The fourth-order valence-electron chi connectivity index (χ4n) is 1.87. The van der Waals surface area contributed by atoms with E-state index in [2.05, 4.69) is 10.6 Å². The Morgan fingerprint density at radius 3 is 2.46 bits per heavy atom. The van der Waals surface area contributed by atoms with Gasteiger partial charge in [0.1, 0.15) is 4.88 Å². The van der Waals surface area contributed by atoms with Crippen molar-refractivity contribution in [1.29, 1.82) is 0 Å². The normalized spacial score (nSPS) is 11.4. The van der Waals surface area contributed by atoms with Crippen LogP contribution in [0.25, 0.3) is 0 Å². The van der Waals surface area contributed by atoms with Gasteiger partial charge in [-0.3, -0.25) is 10.1 Å². The number of halogens is 1. The molecule has 0 unspecified atom stereocenters. The Hall–Kier alpha value is -2.38. The van der Waals surface area contributed by atoms with E-state index in [9.17, 15) is 14.4 Å². The molecule has 0 spiro atoms. The van der Waals surface area contributed by atoms with Gasteiger partial charge in [-0.25, -0.2) is 9.59 Å². The molecule has 1 aromatic heterocycles. The molecular weight excluding hydrogens is 352 g/mol. The summed E-state index contributed by atoms with van der Waals surface area (Å²) in [6.07, 6.45) is -1.25. The van der Waals surface area contributed by atoms with Crippen LogP contribution in [0.1, 0.15) is 28.3 Å². The molecule has 126 valence electrons. The Morgan fingerprint density at radius 1 is 1.17 bits per heavy atom. The zero-order chi connectivity index (χ0) is 17.5. The summed E-state index contributed by atoms with van der Waals surface area (Å²) in [5.74, 6) is -1.42. The minimum atomic E-state index is -1.25. The molecule has 8 heteroatoms. The highest BCUT2D eigenvalue weighted by Crippen LogP contribution is 2.25. The summed E-state index contributed by atoms with van der Waals surface area (Å²) in [5.41, 5.74) is 0.454. The number of hydrogen-bond acceptors (Lipinski definition) is 5. The first-order valence-corrected chi connectivity index (χ1v) is 8.30. The van der Waals surface area contributed by atoms with Crippen LogP contribution in [-0.2, 0) is 9.53 Å². The Labute approximate surface area is 147 Å². The maximum absolute atomic E-state index is 12.3. The highest BCUT2D eigenvalue weighted by atomic mass is 35.5. The first-order chi connectivity index (χ1) is 11.5. The topological polar surface area (TPSA) is 84.5 Å². The van der Waals surface area contributed by atoms with Crippen molar-refractivity contribution in [2.45, 2.75) is 13.0 Å². The van der Waals surface area contributed by atoms with E-state index in [-0.39, 0.29) is 4.88 Å². The van der Waals surface area contributed by atoms with Gasteiger partial charge in [-0.1, -0.05) is 41.9 Å². The van der Waals surface area contributed by atoms with Crippen LogP contribution in [0.3, 0.4) is 0 Å². The van der Waals surface area contributed by atoms with Crippen LogP contribution in [0.5, 0.6) is 0 Å². The lowest BCUT2D eigenvalue weighted by atomic mass is 10.1. The highest BCUT2D eigenvalue weighted by molar-refractivity contribution is 7.17. The Balaban J connectivity index is 2.18. The van der Waals surface area contributed by atoms with Gasteiger partial charge in [-0.15, -0.1) is 11.3 Å². The van der Waals surface area contributed by atoms with Crippen molar-refractivity contribution in [1.82, 2.24) is 10.6 Å². The number of thiophene rings is 1. The molecule has 0 bridgehead atoms. The van der Waals surface area contributed by atoms with Gasteiger partial charge < -0.3 is 10.1 Å². The number of hydrogen-bond donors (Lipinski definition) is 2. The third kappa shape index (κ3) is 4.81. The minimum absolute atomic E-state index is 0.270. The number of imide groups is 1. The number of carbonyl (C=O) groups is 3. The number of benzene rings is 1. The lowest BCUT2D eigenvalue weighted by molar-refractivity contribution is -0.129. The second-order valence-electron chi connectivity index (χ2n) is 4.65. The molecule has 3 amide bonds. The number of nitrogens with one attached hydrogen (secondary N) is 2. The minimum Gasteiger partial charge on any atom is -0.443 e. The van der Waals surface area contributed by atoms with Crippen molar-refractivity contribution in [3.63, 3.8) is 0 Å². The van der Waals surface area contributed by atoms with Crippen LogP contribution in [0.2, 0.25) is 4.34 Å². The van der Waals surface area contributed by atoms with Crippen molar-refractivity contribution in [2.75, 3.05) is 6.54 Å². The van der Waals surface area contributed by atoms with Gasteiger partial charge in [0, 0.05) is 12.1 Å². The lowest BCUT2D eigenvalue weighted by Crippen LogP contribution is -2.42. The quantitative estimate of drug-likeness (QED) is 0.796.